The van der Waals surface area contributed by atoms with E-state index in [0.717, 1.165) is 11.3 Å². The molecule has 1 N–H and O–H groups in total. The van der Waals surface area contributed by atoms with E-state index in [1.165, 1.54) is 0 Å². The Labute approximate surface area is 171 Å². The van der Waals surface area contributed by atoms with Crippen molar-refractivity contribution in [1.82, 2.24) is 5.32 Å². The van der Waals surface area contributed by atoms with E-state index in [-0.39, 0.29) is 12.5 Å². The van der Waals surface area contributed by atoms with Gasteiger partial charge in [0.05, 0.1) is 18.8 Å². The number of anilines is 1. The van der Waals surface area contributed by atoms with Crippen LogP contribution in [0.15, 0.2) is 42.5 Å². The van der Waals surface area contributed by atoms with Crippen LogP contribution in [-0.4, -0.2) is 45.8 Å². The second kappa shape index (κ2) is 10.9. The summed E-state index contributed by atoms with van der Waals surface area (Å²) in [6.07, 6.45) is 0. The molecule has 0 aliphatic heterocycles. The molecule has 2 aromatic carbocycles. The number of hydrogen-bond acceptors (Lipinski definition) is 6. The normalized spacial score (nSPS) is 10.2. The summed E-state index contributed by atoms with van der Waals surface area (Å²) in [5, 5.41) is 2.74. The lowest BCUT2D eigenvalue weighted by Crippen LogP contribution is -2.28. The van der Waals surface area contributed by atoms with E-state index < -0.39 is 5.97 Å². The van der Waals surface area contributed by atoms with Crippen molar-refractivity contribution in [2.75, 3.05) is 38.8 Å². The van der Waals surface area contributed by atoms with Crippen molar-refractivity contribution in [3.63, 3.8) is 0 Å². The van der Waals surface area contributed by atoms with Gasteiger partial charge in [-0.1, -0.05) is 12.1 Å². The van der Waals surface area contributed by atoms with Crippen LogP contribution in [0.4, 0.5) is 5.69 Å². The maximum atomic E-state index is 12.2. The minimum absolute atomic E-state index is 0.295. The second-order valence-corrected chi connectivity index (χ2v) is 6.44. The first-order valence-electron chi connectivity index (χ1n) is 9.54. The molecule has 0 unspecified atom stereocenters. The molecule has 29 heavy (non-hydrogen) atoms. The monoisotopic (exact) mass is 400 g/mol. The van der Waals surface area contributed by atoms with Crippen LogP contribution < -0.4 is 19.7 Å². The molecule has 2 aromatic rings. The summed E-state index contributed by atoms with van der Waals surface area (Å²) in [6.45, 7) is 4.65. The highest BCUT2D eigenvalue weighted by molar-refractivity contribution is 5.92. The van der Waals surface area contributed by atoms with Gasteiger partial charge in [-0.2, -0.15) is 0 Å². The Morgan fingerprint density at radius 1 is 0.931 bits per heavy atom. The number of carbonyl (C=O) groups is 2. The van der Waals surface area contributed by atoms with E-state index in [9.17, 15) is 9.59 Å². The summed E-state index contributed by atoms with van der Waals surface area (Å²) >= 11 is 0. The molecule has 0 heterocycles. The molecule has 0 saturated carbocycles. The van der Waals surface area contributed by atoms with Gasteiger partial charge in [-0.25, -0.2) is 4.79 Å². The fourth-order valence-electron chi connectivity index (χ4n) is 2.56. The highest BCUT2D eigenvalue weighted by Crippen LogP contribution is 2.28. The van der Waals surface area contributed by atoms with Crippen LogP contribution in [-0.2, 0) is 16.1 Å². The topological polar surface area (TPSA) is 77.1 Å². The summed E-state index contributed by atoms with van der Waals surface area (Å²) in [4.78, 5) is 26.2. The summed E-state index contributed by atoms with van der Waals surface area (Å²) in [5.74, 6) is 0.0591. The first kappa shape index (κ1) is 22.1. The van der Waals surface area contributed by atoms with Crippen LogP contribution in [0.2, 0.25) is 0 Å². The molecule has 0 saturated heterocycles. The molecule has 0 atom stereocenters. The third-order valence-corrected chi connectivity index (χ3v) is 4.06. The Bertz CT molecular complexity index is 818. The molecule has 0 radical (unpaired) electrons. The second-order valence-electron chi connectivity index (χ2n) is 6.44. The van der Waals surface area contributed by atoms with Gasteiger partial charge in [0.1, 0.15) is 0 Å². The van der Waals surface area contributed by atoms with Gasteiger partial charge in [0, 0.05) is 26.3 Å². The van der Waals surface area contributed by atoms with Crippen molar-refractivity contribution in [1.29, 1.82) is 0 Å². The van der Waals surface area contributed by atoms with Gasteiger partial charge in [-0.05, 0) is 49.7 Å². The molecule has 0 fully saturated rings. The SMILES string of the molecule is CCOc1ccc(C(=O)OCC(=O)NCc2ccc(N(C)C)cc2)cc1OCC. The summed E-state index contributed by atoms with van der Waals surface area (Å²) in [5.41, 5.74) is 2.34. The lowest BCUT2D eigenvalue weighted by atomic mass is 10.2. The quantitative estimate of drug-likeness (QED) is 0.618. The Hall–Kier alpha value is -3.22. The summed E-state index contributed by atoms with van der Waals surface area (Å²) in [7, 11) is 3.93. The Kier molecular flexibility index (Phi) is 8.33. The van der Waals surface area contributed by atoms with Gasteiger partial charge in [0.2, 0.25) is 0 Å². The van der Waals surface area contributed by atoms with E-state index in [0.29, 0.717) is 36.8 Å². The molecule has 0 aliphatic rings. The molecule has 0 aliphatic carbocycles. The number of nitrogens with zero attached hydrogens (tertiary/aromatic N) is 1. The Balaban J connectivity index is 1.86. The third kappa shape index (κ3) is 6.71. The Morgan fingerprint density at radius 2 is 1.59 bits per heavy atom. The van der Waals surface area contributed by atoms with Crippen LogP contribution in [0.25, 0.3) is 0 Å². The van der Waals surface area contributed by atoms with Gasteiger partial charge in [0.25, 0.3) is 5.91 Å². The summed E-state index contributed by atoms with van der Waals surface area (Å²) < 4.78 is 16.1. The van der Waals surface area contributed by atoms with Crippen LogP contribution in [0, 0.1) is 0 Å². The zero-order chi connectivity index (χ0) is 21.2. The minimum Gasteiger partial charge on any atom is -0.490 e. The Morgan fingerprint density at radius 3 is 2.21 bits per heavy atom. The van der Waals surface area contributed by atoms with Gasteiger partial charge in [-0.3, -0.25) is 4.79 Å². The fraction of sp³-hybridized carbons (Fsp3) is 0.364. The first-order valence-corrected chi connectivity index (χ1v) is 9.54. The van der Waals surface area contributed by atoms with Gasteiger partial charge < -0.3 is 24.4 Å². The van der Waals surface area contributed by atoms with Crippen molar-refractivity contribution in [3.05, 3.63) is 53.6 Å². The van der Waals surface area contributed by atoms with E-state index >= 15 is 0 Å². The molecular weight excluding hydrogens is 372 g/mol. The third-order valence-electron chi connectivity index (χ3n) is 4.06. The summed E-state index contributed by atoms with van der Waals surface area (Å²) in [6, 6.07) is 12.6. The largest absolute Gasteiger partial charge is 0.490 e. The smallest absolute Gasteiger partial charge is 0.338 e. The first-order chi connectivity index (χ1) is 13.9. The molecule has 0 aromatic heterocycles. The average molecular weight is 400 g/mol. The van der Waals surface area contributed by atoms with Crippen LogP contribution in [0.1, 0.15) is 29.8 Å². The van der Waals surface area contributed by atoms with Crippen LogP contribution in [0.3, 0.4) is 0 Å². The zero-order valence-corrected chi connectivity index (χ0v) is 17.4. The van der Waals surface area contributed by atoms with Crippen molar-refractivity contribution in [2.45, 2.75) is 20.4 Å². The standard InChI is InChI=1S/C22H28N2O5/c1-5-27-19-12-9-17(13-20(19)28-6-2)22(26)29-15-21(25)23-14-16-7-10-18(11-8-16)24(3)4/h7-13H,5-6,14-15H2,1-4H3,(H,23,25). The number of hydrogen-bond donors (Lipinski definition) is 1. The molecule has 7 heteroatoms. The van der Waals surface area contributed by atoms with E-state index in [4.69, 9.17) is 14.2 Å². The average Bonchev–Trinajstić information content (AvgIpc) is 2.72. The molecule has 156 valence electrons. The van der Waals surface area contributed by atoms with Crippen molar-refractivity contribution < 1.29 is 23.8 Å². The van der Waals surface area contributed by atoms with E-state index in [2.05, 4.69) is 5.32 Å². The van der Waals surface area contributed by atoms with Crippen molar-refractivity contribution in [3.8, 4) is 11.5 Å². The highest BCUT2D eigenvalue weighted by atomic mass is 16.5. The van der Waals surface area contributed by atoms with Gasteiger partial charge >= 0.3 is 5.97 Å². The molecule has 2 rings (SSSR count). The van der Waals surface area contributed by atoms with Crippen LogP contribution >= 0.6 is 0 Å². The van der Waals surface area contributed by atoms with E-state index in [1.807, 2.05) is 57.1 Å². The fourth-order valence-corrected chi connectivity index (χ4v) is 2.56. The number of esters is 1. The lowest BCUT2D eigenvalue weighted by molar-refractivity contribution is -0.124. The zero-order valence-electron chi connectivity index (χ0n) is 17.4. The highest BCUT2D eigenvalue weighted by Gasteiger charge is 2.14. The van der Waals surface area contributed by atoms with Crippen LogP contribution in [0.5, 0.6) is 11.5 Å². The number of amides is 1. The number of carbonyl (C=O) groups excluding carboxylic acids is 2. The number of nitrogens with one attached hydrogen (secondary N) is 1. The predicted octanol–water partition coefficient (Wildman–Crippen LogP) is 3.02. The molecule has 0 spiro atoms. The van der Waals surface area contributed by atoms with Gasteiger partial charge in [-0.15, -0.1) is 0 Å². The van der Waals surface area contributed by atoms with Crippen molar-refractivity contribution >= 4 is 17.6 Å². The molecule has 1 amide bonds. The number of benzene rings is 2. The minimum atomic E-state index is -0.598. The lowest BCUT2D eigenvalue weighted by Gasteiger charge is -2.13. The molecule has 7 nitrogen and oxygen atoms in total. The maximum absolute atomic E-state index is 12.2. The number of ether oxygens (including phenoxy) is 3. The van der Waals surface area contributed by atoms with E-state index in [1.54, 1.807) is 18.2 Å². The van der Waals surface area contributed by atoms with Gasteiger partial charge in [0.15, 0.2) is 18.1 Å². The number of rotatable bonds is 10. The predicted molar refractivity (Wildman–Crippen MR) is 112 cm³/mol. The molecular formula is C22H28N2O5. The molecule has 0 bridgehead atoms. The van der Waals surface area contributed by atoms with Crippen molar-refractivity contribution in [2.24, 2.45) is 0 Å². The maximum Gasteiger partial charge on any atom is 0.338 e.